The standard InChI is InChI=1S/C29H37ClN4O5/c1-17-8-6-10-19(16-17)25(26(36)33-24-18(2)9-7-11-21(24)30)34(20-12-13-20)27(37)22(14-15-23(31)35)32-28(38)39-29(3,4)5/h6-11,16,20,22,25H,12-15H2,1-5H3,(H2,31,35)(H,32,38)(H,33,36). The third-order valence-corrected chi connectivity index (χ3v) is 6.53. The molecule has 2 atom stereocenters. The number of carbonyl (C=O) groups is 4. The number of nitrogens with one attached hydrogen (secondary N) is 2. The molecule has 10 heteroatoms. The SMILES string of the molecule is Cc1cccc(C(C(=O)Nc2c(C)cccc2Cl)N(C(=O)C(CCC(N)=O)NC(=O)OC(C)(C)C)C2CC2)c1. The maximum absolute atomic E-state index is 14.1. The molecule has 3 rings (SSSR count). The monoisotopic (exact) mass is 556 g/mol. The highest BCUT2D eigenvalue weighted by atomic mass is 35.5. The number of nitrogens with zero attached hydrogens (tertiary/aromatic N) is 1. The topological polar surface area (TPSA) is 131 Å². The zero-order chi connectivity index (χ0) is 28.9. The first-order valence-electron chi connectivity index (χ1n) is 13.0. The van der Waals surface area contributed by atoms with Crippen molar-refractivity contribution in [3.8, 4) is 0 Å². The highest BCUT2D eigenvalue weighted by molar-refractivity contribution is 6.34. The minimum absolute atomic E-state index is 0.0393. The van der Waals surface area contributed by atoms with Gasteiger partial charge in [-0.25, -0.2) is 4.79 Å². The van der Waals surface area contributed by atoms with Gasteiger partial charge in [-0.1, -0.05) is 53.6 Å². The van der Waals surface area contributed by atoms with Crippen LogP contribution in [0, 0.1) is 13.8 Å². The van der Waals surface area contributed by atoms with E-state index in [1.54, 1.807) is 39.0 Å². The van der Waals surface area contributed by atoms with E-state index in [1.165, 1.54) is 4.90 Å². The predicted molar refractivity (Wildman–Crippen MR) is 150 cm³/mol. The van der Waals surface area contributed by atoms with E-state index in [-0.39, 0.29) is 18.9 Å². The number of hydrogen-bond acceptors (Lipinski definition) is 5. The van der Waals surface area contributed by atoms with Crippen molar-refractivity contribution in [2.75, 3.05) is 5.32 Å². The minimum atomic E-state index is -1.13. The summed E-state index contributed by atoms with van der Waals surface area (Å²) in [5, 5.41) is 5.90. The van der Waals surface area contributed by atoms with E-state index in [9.17, 15) is 19.2 Å². The van der Waals surface area contributed by atoms with Crippen LogP contribution >= 0.6 is 11.6 Å². The second kappa shape index (κ2) is 12.5. The van der Waals surface area contributed by atoms with E-state index < -0.39 is 41.5 Å². The fraction of sp³-hybridized carbons (Fsp3) is 0.448. The second-order valence-corrected chi connectivity index (χ2v) is 11.3. The fourth-order valence-electron chi connectivity index (χ4n) is 4.30. The van der Waals surface area contributed by atoms with Gasteiger partial charge in [0.2, 0.25) is 11.8 Å². The van der Waals surface area contributed by atoms with Crippen molar-refractivity contribution in [1.29, 1.82) is 0 Å². The normalized spacial score (nSPS) is 14.6. The lowest BCUT2D eigenvalue weighted by atomic mass is 9.99. The van der Waals surface area contributed by atoms with Gasteiger partial charge in [-0.3, -0.25) is 14.4 Å². The van der Waals surface area contributed by atoms with Crippen LogP contribution < -0.4 is 16.4 Å². The number of primary amides is 1. The van der Waals surface area contributed by atoms with E-state index in [2.05, 4.69) is 10.6 Å². The maximum atomic E-state index is 14.1. The third-order valence-electron chi connectivity index (χ3n) is 6.22. The Morgan fingerprint density at radius 1 is 1.10 bits per heavy atom. The van der Waals surface area contributed by atoms with Crippen LogP contribution in [0.1, 0.15) is 69.2 Å². The van der Waals surface area contributed by atoms with Crippen molar-refractivity contribution in [1.82, 2.24) is 10.2 Å². The summed E-state index contributed by atoms with van der Waals surface area (Å²) in [7, 11) is 0. The summed E-state index contributed by atoms with van der Waals surface area (Å²) in [6.07, 6.45) is 0.417. The number of rotatable bonds is 10. The Balaban J connectivity index is 2.02. The van der Waals surface area contributed by atoms with Crippen LogP contribution in [0.2, 0.25) is 5.02 Å². The number of hydrogen-bond donors (Lipinski definition) is 3. The number of halogens is 1. The molecule has 0 aliphatic heterocycles. The van der Waals surface area contributed by atoms with Gasteiger partial charge >= 0.3 is 6.09 Å². The Morgan fingerprint density at radius 3 is 2.33 bits per heavy atom. The van der Waals surface area contributed by atoms with Crippen molar-refractivity contribution in [3.63, 3.8) is 0 Å². The molecule has 4 amide bonds. The number of alkyl carbamates (subject to hydrolysis) is 1. The molecule has 2 unspecified atom stereocenters. The van der Waals surface area contributed by atoms with Crippen molar-refractivity contribution in [3.05, 3.63) is 64.2 Å². The van der Waals surface area contributed by atoms with Gasteiger partial charge in [-0.15, -0.1) is 0 Å². The van der Waals surface area contributed by atoms with E-state index in [1.807, 2.05) is 38.1 Å². The Kier molecular flexibility index (Phi) is 9.61. The summed E-state index contributed by atoms with van der Waals surface area (Å²) in [4.78, 5) is 53.8. The Morgan fingerprint density at radius 2 is 1.77 bits per heavy atom. The zero-order valence-corrected chi connectivity index (χ0v) is 23.8. The van der Waals surface area contributed by atoms with Gasteiger partial charge in [0.15, 0.2) is 0 Å². The lowest BCUT2D eigenvalue weighted by Gasteiger charge is -2.35. The number of ether oxygens (including phenoxy) is 1. The Bertz CT molecular complexity index is 1220. The lowest BCUT2D eigenvalue weighted by molar-refractivity contribution is -0.141. The number of nitrogens with two attached hydrogens (primary N) is 1. The first-order chi connectivity index (χ1) is 18.3. The van der Waals surface area contributed by atoms with Crippen molar-refractivity contribution < 1.29 is 23.9 Å². The molecule has 2 aromatic carbocycles. The first-order valence-corrected chi connectivity index (χ1v) is 13.4. The molecule has 0 radical (unpaired) electrons. The summed E-state index contributed by atoms with van der Waals surface area (Å²) in [5.41, 5.74) is 7.33. The van der Waals surface area contributed by atoms with Crippen molar-refractivity contribution in [2.24, 2.45) is 5.73 Å². The lowest BCUT2D eigenvalue weighted by Crippen LogP contribution is -2.53. The van der Waals surface area contributed by atoms with Crippen LogP contribution in [0.15, 0.2) is 42.5 Å². The number of para-hydroxylation sites is 1. The molecule has 1 fully saturated rings. The number of amides is 4. The molecule has 4 N–H and O–H groups in total. The molecule has 39 heavy (non-hydrogen) atoms. The third kappa shape index (κ3) is 8.45. The van der Waals surface area contributed by atoms with Gasteiger partial charge in [0.05, 0.1) is 10.7 Å². The number of aryl methyl sites for hydroxylation is 2. The van der Waals surface area contributed by atoms with Gasteiger partial charge < -0.3 is 26.0 Å². The summed E-state index contributed by atoms with van der Waals surface area (Å²) in [6, 6.07) is 10.3. The molecule has 0 spiro atoms. The highest BCUT2D eigenvalue weighted by Gasteiger charge is 2.44. The van der Waals surface area contributed by atoms with Crippen molar-refractivity contribution >= 4 is 41.1 Å². The van der Waals surface area contributed by atoms with Crippen molar-refractivity contribution in [2.45, 2.75) is 84.0 Å². The van der Waals surface area contributed by atoms with E-state index >= 15 is 0 Å². The number of carbonyl (C=O) groups excluding carboxylic acids is 4. The molecule has 1 saturated carbocycles. The highest BCUT2D eigenvalue weighted by Crippen LogP contribution is 2.37. The molecule has 0 heterocycles. The molecular formula is C29H37ClN4O5. The first kappa shape index (κ1) is 30.0. The second-order valence-electron chi connectivity index (χ2n) is 10.9. The summed E-state index contributed by atoms with van der Waals surface area (Å²) in [5.74, 6) is -1.55. The quantitative estimate of drug-likeness (QED) is 0.387. The molecular weight excluding hydrogens is 520 g/mol. The smallest absolute Gasteiger partial charge is 0.408 e. The van der Waals surface area contributed by atoms with E-state index in [0.29, 0.717) is 29.1 Å². The Hall–Kier alpha value is -3.59. The average Bonchev–Trinajstić information content (AvgIpc) is 3.66. The molecule has 9 nitrogen and oxygen atoms in total. The summed E-state index contributed by atoms with van der Waals surface area (Å²) < 4.78 is 5.36. The Labute approximate surface area is 234 Å². The molecule has 1 aliphatic rings. The van der Waals surface area contributed by atoms with Gasteiger partial charge in [-0.2, -0.15) is 0 Å². The van der Waals surface area contributed by atoms with Gasteiger partial charge in [0.25, 0.3) is 5.91 Å². The fourth-order valence-corrected chi connectivity index (χ4v) is 4.57. The summed E-state index contributed by atoms with van der Waals surface area (Å²) >= 11 is 6.40. The molecule has 0 bridgehead atoms. The van der Waals surface area contributed by atoms with Crippen LogP contribution in [0.3, 0.4) is 0 Å². The maximum Gasteiger partial charge on any atom is 0.408 e. The van der Waals surface area contributed by atoms with Crippen LogP contribution in [-0.2, 0) is 19.1 Å². The summed E-state index contributed by atoms with van der Waals surface area (Å²) in [6.45, 7) is 8.85. The molecule has 210 valence electrons. The largest absolute Gasteiger partial charge is 0.444 e. The molecule has 2 aromatic rings. The van der Waals surface area contributed by atoms with Gasteiger partial charge in [-0.05, 0) is 71.1 Å². The van der Waals surface area contributed by atoms with Crippen LogP contribution in [0.4, 0.5) is 10.5 Å². The van der Waals surface area contributed by atoms with Crippen LogP contribution in [0.25, 0.3) is 0 Å². The van der Waals surface area contributed by atoms with E-state index in [0.717, 1.165) is 11.1 Å². The molecule has 0 saturated heterocycles. The predicted octanol–water partition coefficient (Wildman–Crippen LogP) is 4.79. The van der Waals surface area contributed by atoms with Gasteiger partial charge in [0, 0.05) is 12.5 Å². The zero-order valence-electron chi connectivity index (χ0n) is 23.0. The average molecular weight is 557 g/mol. The molecule has 0 aromatic heterocycles. The van der Waals surface area contributed by atoms with Gasteiger partial charge in [0.1, 0.15) is 17.7 Å². The van der Waals surface area contributed by atoms with E-state index in [4.69, 9.17) is 22.1 Å². The van der Waals surface area contributed by atoms with Crippen LogP contribution in [-0.4, -0.2) is 46.4 Å². The number of benzene rings is 2. The molecule has 1 aliphatic carbocycles. The van der Waals surface area contributed by atoms with Crippen LogP contribution in [0.5, 0.6) is 0 Å². The number of anilines is 1. The minimum Gasteiger partial charge on any atom is -0.444 e.